The van der Waals surface area contributed by atoms with Crippen LogP contribution in [0.4, 0.5) is 0 Å². The Morgan fingerprint density at radius 1 is 1.54 bits per heavy atom. The zero-order valence-corrected chi connectivity index (χ0v) is 9.79. The van der Waals surface area contributed by atoms with Crippen molar-refractivity contribution >= 4 is 14.3 Å². The summed E-state index contributed by atoms with van der Waals surface area (Å²) < 4.78 is 10.5. The summed E-state index contributed by atoms with van der Waals surface area (Å²) in [5.74, 6) is -0.397. The molecule has 0 N–H and O–H groups in total. The van der Waals surface area contributed by atoms with E-state index >= 15 is 0 Å². The molecule has 0 aromatic carbocycles. The van der Waals surface area contributed by atoms with Crippen molar-refractivity contribution in [3.8, 4) is 0 Å². The average Bonchev–Trinajstić information content (AvgIpc) is 1.97. The first-order valence-electron chi connectivity index (χ1n) is 4.32. The molecule has 0 amide bonds. The van der Waals surface area contributed by atoms with Gasteiger partial charge in [-0.15, -0.1) is 0 Å². The normalized spacial score (nSPS) is 13.5. The Balaban J connectivity index is 3.69. The average molecular weight is 202 g/mol. The third-order valence-corrected chi connectivity index (χ3v) is 2.29. The zero-order valence-electron chi connectivity index (χ0n) is 8.79. The van der Waals surface area contributed by atoms with E-state index in [0.29, 0.717) is 6.61 Å². The van der Waals surface area contributed by atoms with Crippen LogP contribution in [-0.4, -0.2) is 27.0 Å². The van der Waals surface area contributed by atoms with Gasteiger partial charge in [0.15, 0.2) is 8.32 Å². The van der Waals surface area contributed by atoms with Crippen LogP contribution in [-0.2, 0) is 14.0 Å². The molecule has 0 aromatic rings. The first-order valence-corrected chi connectivity index (χ1v) is 7.73. The van der Waals surface area contributed by atoms with E-state index < -0.39 is 14.3 Å². The molecule has 0 aliphatic carbocycles. The fourth-order valence-electron chi connectivity index (χ4n) is 0.896. The monoisotopic (exact) mass is 202 g/mol. The van der Waals surface area contributed by atoms with E-state index in [0.717, 1.165) is 6.08 Å². The van der Waals surface area contributed by atoms with Crippen molar-refractivity contribution < 1.29 is 14.0 Å². The van der Waals surface area contributed by atoms with Gasteiger partial charge in [-0.2, -0.15) is 0 Å². The van der Waals surface area contributed by atoms with Crippen molar-refractivity contribution in [3.63, 3.8) is 0 Å². The quantitative estimate of drug-likeness (QED) is 0.388. The molecule has 4 heteroatoms. The number of carbonyl (C=O) groups excluding carboxylic acids is 1. The largest absolute Gasteiger partial charge is 0.460 e. The molecular formula is C9H18O3Si. The molecule has 1 atom stereocenters. The minimum absolute atomic E-state index is 0.0319. The lowest BCUT2D eigenvalue weighted by molar-refractivity contribution is -0.140. The summed E-state index contributed by atoms with van der Waals surface area (Å²) in [7, 11) is -1.52. The van der Waals surface area contributed by atoms with Crippen LogP contribution in [0.1, 0.15) is 6.92 Å². The molecule has 3 nitrogen and oxygen atoms in total. The van der Waals surface area contributed by atoms with Crippen molar-refractivity contribution in [2.24, 2.45) is 0 Å². The first kappa shape index (κ1) is 12.4. The minimum Gasteiger partial charge on any atom is -0.460 e. The molecule has 0 aliphatic heterocycles. The second-order valence-electron chi connectivity index (χ2n) is 3.88. The minimum atomic E-state index is -1.52. The van der Waals surface area contributed by atoms with Crippen molar-refractivity contribution in [1.29, 1.82) is 0 Å². The Hall–Kier alpha value is -0.613. The van der Waals surface area contributed by atoms with E-state index in [9.17, 15) is 4.79 Å². The van der Waals surface area contributed by atoms with Crippen molar-refractivity contribution in [1.82, 2.24) is 0 Å². The van der Waals surface area contributed by atoms with Gasteiger partial charge in [0, 0.05) is 6.08 Å². The summed E-state index contributed by atoms with van der Waals surface area (Å²) in [6, 6.07) is 0. The van der Waals surface area contributed by atoms with E-state index in [1.54, 1.807) is 0 Å². The maximum absolute atomic E-state index is 10.7. The van der Waals surface area contributed by atoms with Crippen molar-refractivity contribution in [3.05, 3.63) is 12.7 Å². The summed E-state index contributed by atoms with van der Waals surface area (Å²) in [5.41, 5.74) is 0. The Morgan fingerprint density at radius 3 is 2.46 bits per heavy atom. The Kier molecular flexibility index (Phi) is 4.94. The molecule has 0 fully saturated rings. The fraction of sp³-hybridized carbons (Fsp3) is 0.667. The van der Waals surface area contributed by atoms with Gasteiger partial charge in [0.05, 0.1) is 6.10 Å². The van der Waals surface area contributed by atoms with Gasteiger partial charge in [0.25, 0.3) is 0 Å². The van der Waals surface area contributed by atoms with Gasteiger partial charge >= 0.3 is 5.97 Å². The molecular weight excluding hydrogens is 184 g/mol. The number of rotatable bonds is 5. The predicted molar refractivity (Wildman–Crippen MR) is 55.0 cm³/mol. The second kappa shape index (κ2) is 5.19. The molecule has 1 unspecified atom stereocenters. The Bertz CT molecular complexity index is 184. The standard InChI is InChI=1S/C9H18O3Si/c1-6-9(10)11-7-8(2)12-13(3,4)5/h6,8H,1,7H2,2-5H3. The third kappa shape index (κ3) is 7.74. The highest BCUT2D eigenvalue weighted by Crippen LogP contribution is 2.07. The molecule has 0 spiro atoms. The molecule has 0 aromatic heterocycles. The summed E-state index contributed by atoms with van der Waals surface area (Å²) in [4.78, 5) is 10.7. The van der Waals surface area contributed by atoms with Crippen LogP contribution < -0.4 is 0 Å². The van der Waals surface area contributed by atoms with Crippen LogP contribution in [0.3, 0.4) is 0 Å². The lowest BCUT2D eigenvalue weighted by Gasteiger charge is -2.22. The highest BCUT2D eigenvalue weighted by atomic mass is 28.4. The van der Waals surface area contributed by atoms with Gasteiger partial charge in [-0.25, -0.2) is 4.79 Å². The maximum atomic E-state index is 10.7. The molecule has 0 radical (unpaired) electrons. The summed E-state index contributed by atoms with van der Waals surface area (Å²) in [6.07, 6.45) is 1.12. The molecule has 0 saturated heterocycles. The van der Waals surface area contributed by atoms with Gasteiger partial charge in [-0.05, 0) is 26.6 Å². The molecule has 0 bridgehead atoms. The van der Waals surface area contributed by atoms with Crippen LogP contribution in [0.15, 0.2) is 12.7 Å². The van der Waals surface area contributed by atoms with E-state index in [1.165, 1.54) is 0 Å². The number of ether oxygens (including phenoxy) is 1. The molecule has 76 valence electrons. The Labute approximate surface area is 80.9 Å². The van der Waals surface area contributed by atoms with Crippen molar-refractivity contribution in [2.75, 3.05) is 6.61 Å². The van der Waals surface area contributed by atoms with Gasteiger partial charge in [0.2, 0.25) is 0 Å². The molecule has 0 saturated carbocycles. The second-order valence-corrected chi connectivity index (χ2v) is 8.34. The van der Waals surface area contributed by atoms with Crippen LogP contribution in [0, 0.1) is 0 Å². The van der Waals surface area contributed by atoms with E-state index in [2.05, 4.69) is 26.2 Å². The van der Waals surface area contributed by atoms with Gasteiger partial charge in [0.1, 0.15) is 6.61 Å². The smallest absolute Gasteiger partial charge is 0.330 e. The number of hydrogen-bond donors (Lipinski definition) is 0. The summed E-state index contributed by atoms with van der Waals surface area (Å²) >= 11 is 0. The highest BCUT2D eigenvalue weighted by molar-refractivity contribution is 6.69. The maximum Gasteiger partial charge on any atom is 0.330 e. The third-order valence-electron chi connectivity index (χ3n) is 1.18. The number of carbonyl (C=O) groups is 1. The lowest BCUT2D eigenvalue weighted by Crippen LogP contribution is -2.33. The fourth-order valence-corrected chi connectivity index (χ4v) is 2.17. The number of hydrogen-bond acceptors (Lipinski definition) is 3. The summed E-state index contributed by atoms with van der Waals surface area (Å²) in [6.45, 7) is 11.8. The molecule has 0 rings (SSSR count). The lowest BCUT2D eigenvalue weighted by atomic mass is 10.4. The predicted octanol–water partition coefficient (Wildman–Crippen LogP) is 1.96. The van der Waals surface area contributed by atoms with Crippen LogP contribution in [0.5, 0.6) is 0 Å². The molecule has 0 heterocycles. The highest BCUT2D eigenvalue weighted by Gasteiger charge is 2.18. The van der Waals surface area contributed by atoms with Crippen molar-refractivity contribution in [2.45, 2.75) is 32.7 Å². The van der Waals surface area contributed by atoms with Gasteiger partial charge < -0.3 is 9.16 Å². The molecule has 13 heavy (non-hydrogen) atoms. The van der Waals surface area contributed by atoms with Gasteiger partial charge in [-0.1, -0.05) is 6.58 Å². The number of esters is 1. The SMILES string of the molecule is C=CC(=O)OCC(C)O[Si](C)(C)C. The van der Waals surface area contributed by atoms with E-state index in [4.69, 9.17) is 9.16 Å². The van der Waals surface area contributed by atoms with Crippen LogP contribution in [0.2, 0.25) is 19.6 Å². The summed E-state index contributed by atoms with van der Waals surface area (Å²) in [5, 5.41) is 0. The topological polar surface area (TPSA) is 35.5 Å². The van der Waals surface area contributed by atoms with E-state index in [-0.39, 0.29) is 6.10 Å². The van der Waals surface area contributed by atoms with Crippen LogP contribution >= 0.6 is 0 Å². The van der Waals surface area contributed by atoms with E-state index in [1.807, 2.05) is 6.92 Å². The van der Waals surface area contributed by atoms with Crippen LogP contribution in [0.25, 0.3) is 0 Å². The molecule has 0 aliphatic rings. The van der Waals surface area contributed by atoms with Gasteiger partial charge in [-0.3, -0.25) is 0 Å². The first-order chi connectivity index (χ1) is 5.85. The zero-order chi connectivity index (χ0) is 10.5. The Morgan fingerprint density at radius 2 is 2.08 bits per heavy atom.